The molecule has 0 aromatic rings. The standard InChI is InChI=1S/C6H10N2.C2H6/c1-7-4-6-2-3-8-5-6;1-2/h2-3,7H,4-5H2,1H3;1-2H3. The zero-order valence-corrected chi connectivity index (χ0v) is 7.02. The quantitative estimate of drug-likeness (QED) is 0.613. The van der Waals surface area contributed by atoms with Gasteiger partial charge in [-0.25, -0.2) is 0 Å². The monoisotopic (exact) mass is 140 g/mol. The Bertz CT molecular complexity index is 125. The first-order valence-electron chi connectivity index (χ1n) is 3.76. The number of likely N-dealkylation sites (N-methyl/N-ethyl adjacent to an activating group) is 1. The van der Waals surface area contributed by atoms with E-state index in [0.29, 0.717) is 0 Å². The molecule has 0 aromatic carbocycles. The highest BCUT2D eigenvalue weighted by atomic mass is 14.8. The molecule has 10 heavy (non-hydrogen) atoms. The predicted octanol–water partition coefficient (Wildman–Crippen LogP) is 1.24. The molecule has 1 aliphatic heterocycles. The Morgan fingerprint density at radius 1 is 1.60 bits per heavy atom. The summed E-state index contributed by atoms with van der Waals surface area (Å²) in [6.45, 7) is 5.86. The van der Waals surface area contributed by atoms with E-state index >= 15 is 0 Å². The molecule has 0 aromatic heterocycles. The molecule has 0 aliphatic carbocycles. The topological polar surface area (TPSA) is 24.4 Å². The molecule has 58 valence electrons. The smallest absolute Gasteiger partial charge is 0.0615 e. The summed E-state index contributed by atoms with van der Waals surface area (Å²) >= 11 is 0. The summed E-state index contributed by atoms with van der Waals surface area (Å²) in [7, 11) is 1.94. The Hall–Kier alpha value is -0.630. The number of hydrogen-bond donors (Lipinski definition) is 1. The van der Waals surface area contributed by atoms with Gasteiger partial charge >= 0.3 is 0 Å². The van der Waals surface area contributed by atoms with Gasteiger partial charge in [-0.3, -0.25) is 4.99 Å². The molecule has 1 heterocycles. The Kier molecular flexibility index (Phi) is 6.08. The first kappa shape index (κ1) is 9.37. The third kappa shape index (κ3) is 3.41. The predicted molar refractivity (Wildman–Crippen MR) is 46.7 cm³/mol. The van der Waals surface area contributed by atoms with E-state index in [2.05, 4.69) is 16.4 Å². The summed E-state index contributed by atoms with van der Waals surface area (Å²) in [5.74, 6) is 0. The van der Waals surface area contributed by atoms with E-state index in [1.165, 1.54) is 5.57 Å². The van der Waals surface area contributed by atoms with Crippen molar-refractivity contribution in [3.05, 3.63) is 11.6 Å². The summed E-state index contributed by atoms with van der Waals surface area (Å²) < 4.78 is 0. The molecule has 0 unspecified atom stereocenters. The van der Waals surface area contributed by atoms with E-state index in [-0.39, 0.29) is 0 Å². The summed E-state index contributed by atoms with van der Waals surface area (Å²) in [5.41, 5.74) is 1.37. The second-order valence-corrected chi connectivity index (χ2v) is 1.85. The maximum absolute atomic E-state index is 4.03. The summed E-state index contributed by atoms with van der Waals surface area (Å²) in [4.78, 5) is 4.03. The lowest BCUT2D eigenvalue weighted by Crippen LogP contribution is -2.10. The Labute approximate surface area is 63.0 Å². The molecule has 0 amide bonds. The van der Waals surface area contributed by atoms with Crippen LogP contribution < -0.4 is 5.32 Å². The average molecular weight is 140 g/mol. The van der Waals surface area contributed by atoms with Gasteiger partial charge in [-0.15, -0.1) is 0 Å². The molecule has 2 heteroatoms. The van der Waals surface area contributed by atoms with Gasteiger partial charge in [0.15, 0.2) is 0 Å². The SMILES string of the molecule is CC.CNCC1=CC=NC1. The van der Waals surface area contributed by atoms with E-state index in [1.807, 2.05) is 27.1 Å². The van der Waals surface area contributed by atoms with Crippen molar-refractivity contribution >= 4 is 6.21 Å². The van der Waals surface area contributed by atoms with Gasteiger partial charge in [-0.05, 0) is 18.7 Å². The Balaban J connectivity index is 0.000000371. The van der Waals surface area contributed by atoms with Crippen LogP contribution in [0.2, 0.25) is 0 Å². The number of allylic oxidation sites excluding steroid dienone is 1. The molecule has 0 fully saturated rings. The van der Waals surface area contributed by atoms with E-state index in [1.54, 1.807) is 0 Å². The highest BCUT2D eigenvalue weighted by molar-refractivity contribution is 5.75. The molecule has 0 radical (unpaired) electrons. The van der Waals surface area contributed by atoms with Crippen molar-refractivity contribution < 1.29 is 0 Å². The minimum absolute atomic E-state index is 0.890. The van der Waals surface area contributed by atoms with Crippen LogP contribution in [-0.2, 0) is 0 Å². The molecule has 2 nitrogen and oxygen atoms in total. The van der Waals surface area contributed by atoms with E-state index in [4.69, 9.17) is 0 Å². The van der Waals surface area contributed by atoms with Crippen molar-refractivity contribution in [3.63, 3.8) is 0 Å². The molecule has 0 spiro atoms. The average Bonchev–Trinajstić information content (AvgIpc) is 2.46. The van der Waals surface area contributed by atoms with Crippen LogP contribution in [0.1, 0.15) is 13.8 Å². The number of nitrogens with one attached hydrogen (secondary N) is 1. The highest BCUT2D eigenvalue weighted by Crippen LogP contribution is 1.96. The second-order valence-electron chi connectivity index (χ2n) is 1.85. The van der Waals surface area contributed by atoms with Gasteiger partial charge < -0.3 is 5.32 Å². The molecule has 0 saturated heterocycles. The second kappa shape index (κ2) is 6.49. The van der Waals surface area contributed by atoms with Gasteiger partial charge in [0.2, 0.25) is 0 Å². The molecule has 0 saturated carbocycles. The van der Waals surface area contributed by atoms with Crippen LogP contribution in [0.4, 0.5) is 0 Å². The minimum Gasteiger partial charge on any atom is -0.316 e. The largest absolute Gasteiger partial charge is 0.316 e. The molecule has 1 N–H and O–H groups in total. The van der Waals surface area contributed by atoms with Crippen LogP contribution in [0.3, 0.4) is 0 Å². The van der Waals surface area contributed by atoms with Crippen molar-refractivity contribution in [2.75, 3.05) is 20.1 Å². The molecular weight excluding hydrogens is 124 g/mol. The van der Waals surface area contributed by atoms with Crippen molar-refractivity contribution in [1.82, 2.24) is 5.32 Å². The van der Waals surface area contributed by atoms with E-state index in [9.17, 15) is 0 Å². The molecule has 1 aliphatic rings. The fourth-order valence-corrected chi connectivity index (χ4v) is 0.723. The third-order valence-corrected chi connectivity index (χ3v) is 1.11. The summed E-state index contributed by atoms with van der Waals surface area (Å²) in [6, 6.07) is 0. The molecule has 0 bridgehead atoms. The third-order valence-electron chi connectivity index (χ3n) is 1.11. The lowest BCUT2D eigenvalue weighted by Gasteiger charge is -1.95. The van der Waals surface area contributed by atoms with Crippen LogP contribution in [0.5, 0.6) is 0 Å². The van der Waals surface area contributed by atoms with Crippen LogP contribution >= 0.6 is 0 Å². The van der Waals surface area contributed by atoms with Gasteiger partial charge in [-0.1, -0.05) is 13.8 Å². The summed E-state index contributed by atoms with van der Waals surface area (Å²) in [6.07, 6.45) is 3.91. The summed E-state index contributed by atoms with van der Waals surface area (Å²) in [5, 5.41) is 3.06. The lowest BCUT2D eigenvalue weighted by molar-refractivity contribution is 0.865. The molecule has 0 atom stereocenters. The van der Waals surface area contributed by atoms with Crippen molar-refractivity contribution in [1.29, 1.82) is 0 Å². The van der Waals surface area contributed by atoms with Crippen LogP contribution in [0, 0.1) is 0 Å². The Morgan fingerprint density at radius 2 is 2.30 bits per heavy atom. The maximum Gasteiger partial charge on any atom is 0.0615 e. The molecular formula is C8H16N2. The Morgan fingerprint density at radius 3 is 2.70 bits per heavy atom. The van der Waals surface area contributed by atoms with Gasteiger partial charge in [0.25, 0.3) is 0 Å². The first-order chi connectivity index (χ1) is 4.93. The van der Waals surface area contributed by atoms with Gasteiger partial charge in [-0.2, -0.15) is 0 Å². The number of nitrogens with zero attached hydrogens (tertiary/aromatic N) is 1. The zero-order chi connectivity index (χ0) is 7.82. The van der Waals surface area contributed by atoms with Gasteiger partial charge in [0.05, 0.1) is 6.54 Å². The highest BCUT2D eigenvalue weighted by Gasteiger charge is 1.95. The first-order valence-corrected chi connectivity index (χ1v) is 3.76. The van der Waals surface area contributed by atoms with Crippen molar-refractivity contribution in [3.8, 4) is 0 Å². The van der Waals surface area contributed by atoms with Crippen molar-refractivity contribution in [2.24, 2.45) is 4.99 Å². The lowest BCUT2D eigenvalue weighted by atomic mass is 10.3. The van der Waals surface area contributed by atoms with E-state index in [0.717, 1.165) is 13.1 Å². The van der Waals surface area contributed by atoms with Crippen LogP contribution in [0.15, 0.2) is 16.6 Å². The maximum atomic E-state index is 4.03. The number of rotatable bonds is 2. The van der Waals surface area contributed by atoms with Crippen LogP contribution in [-0.4, -0.2) is 26.4 Å². The van der Waals surface area contributed by atoms with Crippen molar-refractivity contribution in [2.45, 2.75) is 13.8 Å². The molecule has 1 rings (SSSR count). The zero-order valence-electron chi connectivity index (χ0n) is 7.02. The number of aliphatic imine (C=N–C) groups is 1. The van der Waals surface area contributed by atoms with Crippen LogP contribution in [0.25, 0.3) is 0 Å². The van der Waals surface area contributed by atoms with Gasteiger partial charge in [0, 0.05) is 12.8 Å². The fourth-order valence-electron chi connectivity index (χ4n) is 0.723. The number of hydrogen-bond acceptors (Lipinski definition) is 2. The van der Waals surface area contributed by atoms with E-state index < -0.39 is 0 Å². The minimum atomic E-state index is 0.890. The normalized spacial score (nSPS) is 14.1. The fraction of sp³-hybridized carbons (Fsp3) is 0.625. The van der Waals surface area contributed by atoms with Gasteiger partial charge in [0.1, 0.15) is 0 Å².